The molecule has 4 heteroatoms. The highest BCUT2D eigenvalue weighted by molar-refractivity contribution is 5.85. The molecule has 1 unspecified atom stereocenters. The second-order valence-corrected chi connectivity index (χ2v) is 3.70. The van der Waals surface area contributed by atoms with Gasteiger partial charge in [-0.05, 0) is 30.7 Å². The van der Waals surface area contributed by atoms with E-state index < -0.39 is 0 Å². The number of benzene rings is 1. The van der Waals surface area contributed by atoms with Crippen molar-refractivity contribution in [3.63, 3.8) is 0 Å². The second kappa shape index (κ2) is 6.05. The fourth-order valence-corrected chi connectivity index (χ4v) is 1.74. The van der Waals surface area contributed by atoms with Crippen LogP contribution in [0.1, 0.15) is 12.0 Å². The summed E-state index contributed by atoms with van der Waals surface area (Å²) in [5.41, 5.74) is 1.01. The van der Waals surface area contributed by atoms with Gasteiger partial charge < -0.3 is 10.6 Å². The Kier molecular flexibility index (Phi) is 5.02. The van der Waals surface area contributed by atoms with E-state index in [9.17, 15) is 4.39 Å². The maximum atomic E-state index is 12.8. The Morgan fingerprint density at radius 2 is 2.33 bits per heavy atom. The van der Waals surface area contributed by atoms with Gasteiger partial charge in [-0.15, -0.1) is 12.4 Å². The summed E-state index contributed by atoms with van der Waals surface area (Å²) in [7, 11) is 0. The van der Waals surface area contributed by atoms with Crippen molar-refractivity contribution in [1.82, 2.24) is 10.6 Å². The van der Waals surface area contributed by atoms with Crippen LogP contribution in [0, 0.1) is 5.82 Å². The van der Waals surface area contributed by atoms with Gasteiger partial charge in [0, 0.05) is 19.1 Å². The molecule has 2 N–H and O–H groups in total. The van der Waals surface area contributed by atoms with E-state index in [1.54, 1.807) is 12.1 Å². The molecule has 1 atom stereocenters. The second-order valence-electron chi connectivity index (χ2n) is 3.70. The first-order chi connectivity index (χ1) is 6.84. The van der Waals surface area contributed by atoms with Crippen molar-refractivity contribution in [3.8, 4) is 0 Å². The Morgan fingerprint density at radius 1 is 1.47 bits per heavy atom. The third kappa shape index (κ3) is 3.78. The molecule has 1 aromatic carbocycles. The predicted octanol–water partition coefficient (Wildman–Crippen LogP) is 1.70. The van der Waals surface area contributed by atoms with Crippen LogP contribution in [-0.2, 0) is 6.54 Å². The molecule has 2 nitrogen and oxygen atoms in total. The van der Waals surface area contributed by atoms with E-state index in [1.165, 1.54) is 6.07 Å². The minimum atomic E-state index is -0.158. The van der Waals surface area contributed by atoms with E-state index >= 15 is 0 Å². The van der Waals surface area contributed by atoms with Gasteiger partial charge in [-0.1, -0.05) is 12.1 Å². The summed E-state index contributed by atoms with van der Waals surface area (Å²) in [6.07, 6.45) is 1.16. The van der Waals surface area contributed by atoms with Crippen LogP contribution in [0.4, 0.5) is 4.39 Å². The summed E-state index contributed by atoms with van der Waals surface area (Å²) in [5, 5.41) is 6.68. The Morgan fingerprint density at radius 3 is 3.00 bits per heavy atom. The number of rotatable bonds is 3. The van der Waals surface area contributed by atoms with Crippen molar-refractivity contribution in [2.45, 2.75) is 19.0 Å². The Labute approximate surface area is 95.7 Å². The zero-order valence-corrected chi connectivity index (χ0v) is 9.32. The van der Waals surface area contributed by atoms with E-state index in [2.05, 4.69) is 10.6 Å². The molecular weight excluding hydrogens is 215 g/mol. The molecule has 1 saturated heterocycles. The summed E-state index contributed by atoms with van der Waals surface area (Å²) in [4.78, 5) is 0. The fourth-order valence-electron chi connectivity index (χ4n) is 1.74. The minimum absolute atomic E-state index is 0. The maximum Gasteiger partial charge on any atom is 0.123 e. The minimum Gasteiger partial charge on any atom is -0.315 e. The molecule has 1 fully saturated rings. The average Bonchev–Trinajstić information content (AvgIpc) is 2.67. The zero-order chi connectivity index (χ0) is 9.80. The summed E-state index contributed by atoms with van der Waals surface area (Å²) in [6.45, 7) is 2.86. The van der Waals surface area contributed by atoms with Crippen LogP contribution in [0.25, 0.3) is 0 Å². The molecule has 0 bridgehead atoms. The quantitative estimate of drug-likeness (QED) is 0.826. The average molecular weight is 231 g/mol. The van der Waals surface area contributed by atoms with Gasteiger partial charge in [0.05, 0.1) is 0 Å². The van der Waals surface area contributed by atoms with Crippen LogP contribution < -0.4 is 10.6 Å². The molecule has 0 aromatic heterocycles. The predicted molar refractivity (Wildman–Crippen MR) is 61.8 cm³/mol. The summed E-state index contributed by atoms with van der Waals surface area (Å²) < 4.78 is 12.8. The number of nitrogens with one attached hydrogen (secondary N) is 2. The molecule has 84 valence electrons. The van der Waals surface area contributed by atoms with E-state index in [1.807, 2.05) is 6.07 Å². The van der Waals surface area contributed by atoms with Crippen LogP contribution in [0.3, 0.4) is 0 Å². The smallest absolute Gasteiger partial charge is 0.123 e. The molecule has 0 spiro atoms. The highest BCUT2D eigenvalue weighted by Crippen LogP contribution is 2.04. The molecule has 2 rings (SSSR count). The summed E-state index contributed by atoms with van der Waals surface area (Å²) in [5.74, 6) is -0.158. The molecule has 0 radical (unpaired) electrons. The van der Waals surface area contributed by atoms with E-state index in [4.69, 9.17) is 0 Å². The highest BCUT2D eigenvalue weighted by atomic mass is 35.5. The highest BCUT2D eigenvalue weighted by Gasteiger charge is 2.12. The van der Waals surface area contributed by atoms with E-state index in [0.29, 0.717) is 6.04 Å². The lowest BCUT2D eigenvalue weighted by atomic mass is 10.2. The van der Waals surface area contributed by atoms with Crippen LogP contribution in [0.5, 0.6) is 0 Å². The van der Waals surface area contributed by atoms with Crippen LogP contribution >= 0.6 is 12.4 Å². The summed E-state index contributed by atoms with van der Waals surface area (Å²) in [6, 6.07) is 7.28. The van der Waals surface area contributed by atoms with Gasteiger partial charge in [0.15, 0.2) is 0 Å². The van der Waals surface area contributed by atoms with Crippen molar-refractivity contribution < 1.29 is 4.39 Å². The summed E-state index contributed by atoms with van der Waals surface area (Å²) >= 11 is 0. The Bertz CT molecular complexity index is 300. The van der Waals surface area contributed by atoms with Gasteiger partial charge in [-0.2, -0.15) is 0 Å². The standard InChI is InChI=1S/C11H15FN2.ClH/c12-10-3-1-2-9(6-10)7-14-11-4-5-13-8-11;/h1-3,6,11,13-14H,4-5,7-8H2;1H. The van der Waals surface area contributed by atoms with Gasteiger partial charge >= 0.3 is 0 Å². The lowest BCUT2D eigenvalue weighted by Gasteiger charge is -2.10. The van der Waals surface area contributed by atoms with Crippen molar-refractivity contribution in [3.05, 3.63) is 35.6 Å². The lowest BCUT2D eigenvalue weighted by molar-refractivity contribution is 0.544. The molecular formula is C11H16ClFN2. The SMILES string of the molecule is Cl.Fc1cccc(CNC2CCNC2)c1. The zero-order valence-electron chi connectivity index (χ0n) is 8.50. The monoisotopic (exact) mass is 230 g/mol. The van der Waals surface area contributed by atoms with E-state index in [-0.39, 0.29) is 18.2 Å². The van der Waals surface area contributed by atoms with Gasteiger partial charge in [-0.25, -0.2) is 4.39 Å². The molecule has 0 saturated carbocycles. The molecule has 0 amide bonds. The molecule has 1 aromatic rings. The lowest BCUT2D eigenvalue weighted by Crippen LogP contribution is -2.30. The third-order valence-electron chi connectivity index (χ3n) is 2.54. The van der Waals surface area contributed by atoms with Crippen molar-refractivity contribution >= 4 is 12.4 Å². The number of hydrogen-bond donors (Lipinski definition) is 2. The Hall–Kier alpha value is -0.640. The van der Waals surface area contributed by atoms with Crippen LogP contribution in [0.2, 0.25) is 0 Å². The van der Waals surface area contributed by atoms with Gasteiger partial charge in [0.25, 0.3) is 0 Å². The first-order valence-corrected chi connectivity index (χ1v) is 5.03. The van der Waals surface area contributed by atoms with Crippen LogP contribution in [0.15, 0.2) is 24.3 Å². The molecule has 1 aliphatic heterocycles. The maximum absolute atomic E-state index is 12.8. The molecule has 0 aliphatic carbocycles. The normalized spacial score (nSPS) is 19.9. The van der Waals surface area contributed by atoms with E-state index in [0.717, 1.165) is 31.6 Å². The van der Waals surface area contributed by atoms with Gasteiger partial charge in [-0.3, -0.25) is 0 Å². The number of halogens is 2. The third-order valence-corrected chi connectivity index (χ3v) is 2.54. The Balaban J connectivity index is 0.00000112. The fraction of sp³-hybridized carbons (Fsp3) is 0.455. The largest absolute Gasteiger partial charge is 0.315 e. The molecule has 1 aliphatic rings. The first kappa shape index (κ1) is 12.4. The topological polar surface area (TPSA) is 24.1 Å². The number of hydrogen-bond acceptors (Lipinski definition) is 2. The van der Waals surface area contributed by atoms with Gasteiger partial charge in [0.2, 0.25) is 0 Å². The molecule has 15 heavy (non-hydrogen) atoms. The van der Waals surface area contributed by atoms with Crippen molar-refractivity contribution in [2.75, 3.05) is 13.1 Å². The molecule has 1 heterocycles. The first-order valence-electron chi connectivity index (χ1n) is 5.03. The van der Waals surface area contributed by atoms with Crippen molar-refractivity contribution in [2.24, 2.45) is 0 Å². The van der Waals surface area contributed by atoms with Crippen LogP contribution in [-0.4, -0.2) is 19.1 Å². The van der Waals surface area contributed by atoms with Gasteiger partial charge in [0.1, 0.15) is 5.82 Å². The van der Waals surface area contributed by atoms with Crippen molar-refractivity contribution in [1.29, 1.82) is 0 Å².